The van der Waals surface area contributed by atoms with Crippen LogP contribution in [0.15, 0.2) is 0 Å². The molecule has 0 aromatic heterocycles. The summed E-state index contributed by atoms with van der Waals surface area (Å²) in [5.41, 5.74) is 5.52. The highest BCUT2D eigenvalue weighted by Crippen LogP contribution is 2.15. The van der Waals surface area contributed by atoms with Crippen LogP contribution < -0.4 is 5.73 Å². The third-order valence-corrected chi connectivity index (χ3v) is 1.43. The van der Waals surface area contributed by atoms with Crippen molar-refractivity contribution in [3.63, 3.8) is 0 Å². The number of hydrogen-bond acceptors (Lipinski definition) is 2. The van der Waals surface area contributed by atoms with Gasteiger partial charge >= 0.3 is 0 Å². The Morgan fingerprint density at radius 3 is 2.62 bits per heavy atom. The van der Waals surface area contributed by atoms with Crippen LogP contribution in [0.3, 0.4) is 0 Å². The Bertz CT molecular complexity index is 68.9. The Morgan fingerprint density at radius 1 is 1.88 bits per heavy atom. The van der Waals surface area contributed by atoms with Gasteiger partial charge in [0.15, 0.2) is 0 Å². The summed E-state index contributed by atoms with van der Waals surface area (Å²) in [7, 11) is 0. The number of ether oxygens (including phenoxy) is 1. The van der Waals surface area contributed by atoms with Gasteiger partial charge in [-0.15, -0.1) is 0 Å². The minimum Gasteiger partial charge on any atom is -0.378 e. The fourth-order valence-electron chi connectivity index (χ4n) is 0.885. The molecule has 48 valence electrons. The third kappa shape index (κ3) is 1.46. The van der Waals surface area contributed by atoms with E-state index < -0.39 is 0 Å². The molecule has 0 amide bonds. The lowest BCUT2D eigenvalue weighted by atomic mass is 10.1. The number of hydrogen-bond donors (Lipinski definition) is 1. The van der Waals surface area contributed by atoms with Crippen molar-refractivity contribution >= 4 is 0 Å². The van der Waals surface area contributed by atoms with Crippen LogP contribution in [0.25, 0.3) is 0 Å². The molecule has 0 saturated carbocycles. The van der Waals surface area contributed by atoms with Gasteiger partial charge in [0.25, 0.3) is 0 Å². The van der Waals surface area contributed by atoms with E-state index in [2.05, 4.69) is 0 Å². The molecule has 0 spiro atoms. The summed E-state index contributed by atoms with van der Waals surface area (Å²) in [6.07, 6.45) is 2.72. The van der Waals surface area contributed by atoms with Crippen LogP contribution in [-0.4, -0.2) is 18.8 Å². The van der Waals surface area contributed by atoms with E-state index in [1.165, 1.54) is 6.42 Å². The van der Waals surface area contributed by atoms with E-state index >= 15 is 0 Å². The van der Waals surface area contributed by atoms with E-state index in [0.717, 1.165) is 13.0 Å². The third-order valence-electron chi connectivity index (χ3n) is 1.43. The molecule has 0 aromatic rings. The van der Waals surface area contributed by atoms with Crippen molar-refractivity contribution in [2.75, 3.05) is 6.61 Å². The number of nitrogens with two attached hydrogens (primary N) is 1. The lowest BCUT2D eigenvalue weighted by molar-refractivity contribution is -0.0568. The molecule has 2 heteroatoms. The van der Waals surface area contributed by atoms with E-state index in [1.807, 2.05) is 6.92 Å². The lowest BCUT2D eigenvalue weighted by Crippen LogP contribution is -2.32. The summed E-state index contributed by atoms with van der Waals surface area (Å²) in [5.74, 6) is 0. The molecular weight excluding hydrogens is 102 g/mol. The van der Waals surface area contributed by atoms with Crippen LogP contribution in [0.1, 0.15) is 19.8 Å². The van der Waals surface area contributed by atoms with E-state index in [1.54, 1.807) is 0 Å². The Balaban J connectivity index is 2.01. The Hall–Kier alpha value is -0.0800. The molecule has 2 atom stereocenters. The van der Waals surface area contributed by atoms with Gasteiger partial charge in [0, 0.05) is 12.6 Å². The van der Waals surface area contributed by atoms with Gasteiger partial charge in [-0.05, 0) is 19.8 Å². The van der Waals surface area contributed by atoms with Crippen LogP contribution in [0.4, 0.5) is 0 Å². The zero-order chi connectivity index (χ0) is 5.98. The highest BCUT2D eigenvalue weighted by Gasteiger charge is 2.18. The highest BCUT2D eigenvalue weighted by atomic mass is 16.5. The first-order valence-electron chi connectivity index (χ1n) is 3.16. The fraction of sp³-hybridized carbons (Fsp3) is 1.00. The summed E-state index contributed by atoms with van der Waals surface area (Å²) in [6.45, 7) is 2.96. The summed E-state index contributed by atoms with van der Waals surface area (Å²) >= 11 is 0. The Labute approximate surface area is 50.0 Å². The molecule has 1 rings (SSSR count). The monoisotopic (exact) mass is 115 g/mol. The van der Waals surface area contributed by atoms with Crippen LogP contribution >= 0.6 is 0 Å². The fourth-order valence-corrected chi connectivity index (χ4v) is 0.885. The molecule has 8 heavy (non-hydrogen) atoms. The zero-order valence-electron chi connectivity index (χ0n) is 5.26. The molecule has 1 unspecified atom stereocenters. The molecule has 2 nitrogen and oxygen atoms in total. The molecule has 1 aliphatic rings. The second kappa shape index (κ2) is 2.46. The van der Waals surface area contributed by atoms with E-state index in [0.29, 0.717) is 12.1 Å². The van der Waals surface area contributed by atoms with Gasteiger partial charge < -0.3 is 10.5 Å². The molecule has 0 aromatic carbocycles. The van der Waals surface area contributed by atoms with Crippen molar-refractivity contribution in [1.29, 1.82) is 0 Å². The predicted octanol–water partition coefficient (Wildman–Crippen LogP) is 0.513. The van der Waals surface area contributed by atoms with Gasteiger partial charge in [-0.25, -0.2) is 0 Å². The minimum absolute atomic E-state index is 0.306. The van der Waals surface area contributed by atoms with Gasteiger partial charge in [0.2, 0.25) is 0 Å². The lowest BCUT2D eigenvalue weighted by Gasteiger charge is -2.27. The summed E-state index contributed by atoms with van der Waals surface area (Å²) in [4.78, 5) is 0. The van der Waals surface area contributed by atoms with Crippen molar-refractivity contribution in [1.82, 2.24) is 0 Å². The average Bonchev–Trinajstić information content (AvgIpc) is 1.55. The summed E-state index contributed by atoms with van der Waals surface area (Å²) in [5, 5.41) is 0. The Kier molecular flexibility index (Phi) is 1.86. The molecular formula is C6H13NO. The maximum atomic E-state index is 5.52. The van der Waals surface area contributed by atoms with E-state index in [4.69, 9.17) is 10.5 Å². The highest BCUT2D eigenvalue weighted by molar-refractivity contribution is 4.70. The average molecular weight is 115 g/mol. The second-order valence-corrected chi connectivity index (χ2v) is 2.49. The first kappa shape index (κ1) is 6.05. The molecule has 2 N–H and O–H groups in total. The van der Waals surface area contributed by atoms with Crippen LogP contribution in [-0.2, 0) is 4.74 Å². The Morgan fingerprint density at radius 2 is 2.50 bits per heavy atom. The van der Waals surface area contributed by atoms with Gasteiger partial charge in [0.05, 0.1) is 6.10 Å². The molecule has 1 aliphatic heterocycles. The van der Waals surface area contributed by atoms with Gasteiger partial charge in [-0.1, -0.05) is 0 Å². The standard InChI is InChI=1S/C6H13NO/c1-5(7)4-6-2-3-8-6/h5-6H,2-4,7H2,1H3/t5-,6?/m1/s1. The molecule has 1 heterocycles. The van der Waals surface area contributed by atoms with E-state index in [9.17, 15) is 0 Å². The number of rotatable bonds is 2. The summed E-state index contributed by atoms with van der Waals surface area (Å²) < 4.78 is 5.16. The topological polar surface area (TPSA) is 35.2 Å². The molecule has 1 fully saturated rings. The van der Waals surface area contributed by atoms with Crippen molar-refractivity contribution < 1.29 is 4.74 Å². The van der Waals surface area contributed by atoms with Crippen molar-refractivity contribution in [2.45, 2.75) is 31.9 Å². The quantitative estimate of drug-likeness (QED) is 0.569. The largest absolute Gasteiger partial charge is 0.378 e. The van der Waals surface area contributed by atoms with Crippen LogP contribution in [0, 0.1) is 0 Å². The predicted molar refractivity (Wildman–Crippen MR) is 32.6 cm³/mol. The molecule has 0 aliphatic carbocycles. The summed E-state index contributed by atoms with van der Waals surface area (Å²) in [6, 6.07) is 0.306. The van der Waals surface area contributed by atoms with Crippen molar-refractivity contribution in [3.8, 4) is 0 Å². The van der Waals surface area contributed by atoms with Crippen molar-refractivity contribution in [2.24, 2.45) is 5.73 Å². The maximum Gasteiger partial charge on any atom is 0.0611 e. The molecule has 0 radical (unpaired) electrons. The van der Waals surface area contributed by atoms with E-state index in [-0.39, 0.29) is 0 Å². The first-order valence-corrected chi connectivity index (χ1v) is 3.16. The van der Waals surface area contributed by atoms with Gasteiger partial charge in [0.1, 0.15) is 0 Å². The molecule has 1 saturated heterocycles. The van der Waals surface area contributed by atoms with Crippen LogP contribution in [0.5, 0.6) is 0 Å². The maximum absolute atomic E-state index is 5.52. The smallest absolute Gasteiger partial charge is 0.0611 e. The molecule has 0 bridgehead atoms. The van der Waals surface area contributed by atoms with Crippen LogP contribution in [0.2, 0.25) is 0 Å². The first-order chi connectivity index (χ1) is 3.79. The van der Waals surface area contributed by atoms with Crippen molar-refractivity contribution in [3.05, 3.63) is 0 Å². The van der Waals surface area contributed by atoms with Gasteiger partial charge in [-0.2, -0.15) is 0 Å². The normalized spacial score (nSPS) is 31.5. The minimum atomic E-state index is 0.306. The zero-order valence-corrected chi connectivity index (χ0v) is 5.26. The SMILES string of the molecule is C[C@@H](N)CC1CCO1. The van der Waals surface area contributed by atoms with Gasteiger partial charge in [-0.3, -0.25) is 0 Å². The second-order valence-electron chi connectivity index (χ2n) is 2.49.